The topological polar surface area (TPSA) is 87.9 Å². The van der Waals surface area contributed by atoms with Crippen LogP contribution in [0.1, 0.15) is 34.1 Å². The lowest BCUT2D eigenvalue weighted by molar-refractivity contribution is 0.0677. The van der Waals surface area contributed by atoms with E-state index in [9.17, 15) is 9.59 Å². The highest BCUT2D eigenvalue weighted by molar-refractivity contribution is 9.10. The molecule has 1 aliphatic heterocycles. The second-order valence-electron chi connectivity index (χ2n) is 8.90. The fourth-order valence-corrected chi connectivity index (χ4v) is 5.35. The summed E-state index contributed by atoms with van der Waals surface area (Å²) < 4.78 is 11.9. The van der Waals surface area contributed by atoms with Gasteiger partial charge in [-0.2, -0.15) is 5.10 Å². The molecule has 1 unspecified atom stereocenters. The van der Waals surface area contributed by atoms with Gasteiger partial charge in [0.05, 0.1) is 30.7 Å². The molecule has 8 heteroatoms. The summed E-state index contributed by atoms with van der Waals surface area (Å²) in [6.45, 7) is 0. The molecule has 1 amide bonds. The average molecular weight is 568 g/mol. The SMILES string of the molecule is COc1ccccc1C1CC(c2c(-c3ccccc3)c3cc(Br)ccc3[nH]c2=O)=NN1C(=O)c1ccco1. The van der Waals surface area contributed by atoms with E-state index in [1.165, 1.54) is 11.3 Å². The number of aromatic nitrogens is 1. The molecule has 0 radical (unpaired) electrons. The Morgan fingerprint density at radius 1 is 1.03 bits per heavy atom. The smallest absolute Gasteiger partial charge is 0.310 e. The number of H-pyrrole nitrogens is 1. The summed E-state index contributed by atoms with van der Waals surface area (Å²) in [7, 11) is 1.59. The van der Waals surface area contributed by atoms with E-state index in [1.807, 2.05) is 72.8 Å². The Morgan fingerprint density at radius 3 is 2.58 bits per heavy atom. The molecule has 7 nitrogen and oxygen atoms in total. The number of fused-ring (bicyclic) bond motifs is 1. The van der Waals surface area contributed by atoms with E-state index in [0.717, 1.165) is 26.5 Å². The highest BCUT2D eigenvalue weighted by Crippen LogP contribution is 2.40. The lowest BCUT2D eigenvalue weighted by Gasteiger charge is -2.22. The summed E-state index contributed by atoms with van der Waals surface area (Å²) >= 11 is 3.57. The van der Waals surface area contributed by atoms with E-state index in [0.29, 0.717) is 29.0 Å². The van der Waals surface area contributed by atoms with Crippen molar-refractivity contribution in [2.45, 2.75) is 12.5 Å². The summed E-state index contributed by atoms with van der Waals surface area (Å²) in [6, 6.07) is 25.8. The first kappa shape index (κ1) is 23.9. The van der Waals surface area contributed by atoms with Crippen molar-refractivity contribution in [3.8, 4) is 16.9 Å². The van der Waals surface area contributed by atoms with Crippen LogP contribution in [0.15, 0.2) is 110 Å². The number of benzene rings is 3. The number of hydrogen-bond acceptors (Lipinski definition) is 5. The van der Waals surface area contributed by atoms with Crippen LogP contribution in [-0.4, -0.2) is 28.7 Å². The average Bonchev–Trinajstić information content (AvgIpc) is 3.64. The number of nitrogens with one attached hydrogen (secondary N) is 1. The minimum absolute atomic E-state index is 0.162. The maximum atomic E-state index is 13.7. The van der Waals surface area contributed by atoms with Crippen molar-refractivity contribution in [2.75, 3.05) is 7.11 Å². The third-order valence-corrected chi connectivity index (χ3v) is 7.17. The first-order valence-electron chi connectivity index (χ1n) is 12.0. The Hall–Kier alpha value is -4.43. The van der Waals surface area contributed by atoms with Crippen molar-refractivity contribution in [1.29, 1.82) is 0 Å². The number of amides is 1. The Balaban J connectivity index is 1.59. The highest BCUT2D eigenvalue weighted by atomic mass is 79.9. The molecule has 0 aliphatic carbocycles. The first-order chi connectivity index (χ1) is 18.5. The number of halogens is 1. The van der Waals surface area contributed by atoms with Gasteiger partial charge in [-0.05, 0) is 42.0 Å². The van der Waals surface area contributed by atoms with Crippen LogP contribution < -0.4 is 10.3 Å². The van der Waals surface area contributed by atoms with E-state index in [-0.39, 0.29) is 11.3 Å². The van der Waals surface area contributed by atoms with Crippen LogP contribution in [0.5, 0.6) is 5.75 Å². The van der Waals surface area contributed by atoms with Crippen LogP contribution in [0.4, 0.5) is 0 Å². The Bertz CT molecular complexity index is 1740. The Kier molecular flexibility index (Phi) is 6.17. The van der Waals surface area contributed by atoms with Crippen molar-refractivity contribution in [3.05, 3.63) is 123 Å². The van der Waals surface area contributed by atoms with Crippen molar-refractivity contribution in [3.63, 3.8) is 0 Å². The van der Waals surface area contributed by atoms with Crippen molar-refractivity contribution in [1.82, 2.24) is 9.99 Å². The molecule has 5 aromatic rings. The van der Waals surface area contributed by atoms with Crippen LogP contribution in [0.3, 0.4) is 0 Å². The number of hydrogen-bond donors (Lipinski definition) is 1. The maximum absolute atomic E-state index is 13.7. The molecule has 6 rings (SSSR count). The standard InChI is InChI=1S/C30H22BrN3O4/c1-37-25-11-6-5-10-20(25)24-17-23(33-34(24)30(36)26-12-7-15-38-26)28-27(18-8-3-2-4-9-18)21-16-19(31)13-14-22(21)32-29(28)35/h2-16,24H,17H2,1H3,(H,32,35). The predicted molar refractivity (Wildman–Crippen MR) is 149 cm³/mol. The maximum Gasteiger partial charge on any atom is 0.310 e. The molecule has 0 saturated carbocycles. The van der Waals surface area contributed by atoms with Gasteiger partial charge in [-0.15, -0.1) is 0 Å². The van der Waals surface area contributed by atoms with Crippen LogP contribution in [-0.2, 0) is 0 Å². The van der Waals surface area contributed by atoms with Gasteiger partial charge in [0.15, 0.2) is 5.76 Å². The summed E-state index contributed by atoms with van der Waals surface area (Å²) in [5.74, 6) is 0.391. The minimum atomic E-state index is -0.500. The molecule has 2 aromatic heterocycles. The summed E-state index contributed by atoms with van der Waals surface area (Å²) in [5.41, 5.74) is 3.79. The zero-order valence-corrected chi connectivity index (χ0v) is 21.9. The number of furan rings is 1. The predicted octanol–water partition coefficient (Wildman–Crippen LogP) is 6.55. The van der Waals surface area contributed by atoms with Gasteiger partial charge in [-0.3, -0.25) is 9.59 Å². The van der Waals surface area contributed by atoms with Gasteiger partial charge >= 0.3 is 5.91 Å². The highest BCUT2D eigenvalue weighted by Gasteiger charge is 2.38. The van der Waals surface area contributed by atoms with Crippen molar-refractivity contribution < 1.29 is 13.9 Å². The lowest BCUT2D eigenvalue weighted by Crippen LogP contribution is -2.27. The number of aromatic amines is 1. The van der Waals surface area contributed by atoms with Gasteiger partial charge in [0.1, 0.15) is 5.75 Å². The van der Waals surface area contributed by atoms with Gasteiger partial charge < -0.3 is 14.1 Å². The van der Waals surface area contributed by atoms with E-state index in [1.54, 1.807) is 19.2 Å². The summed E-state index contributed by atoms with van der Waals surface area (Å²) in [4.78, 5) is 30.3. The molecule has 1 atom stereocenters. The lowest BCUT2D eigenvalue weighted by atomic mass is 9.91. The van der Waals surface area contributed by atoms with E-state index >= 15 is 0 Å². The molecule has 0 spiro atoms. The number of para-hydroxylation sites is 1. The quantitative estimate of drug-likeness (QED) is 0.261. The molecule has 1 aliphatic rings. The Morgan fingerprint density at radius 2 is 1.82 bits per heavy atom. The molecule has 3 heterocycles. The molecule has 0 bridgehead atoms. The summed E-state index contributed by atoms with van der Waals surface area (Å²) in [5, 5.41) is 7.04. The fraction of sp³-hybridized carbons (Fsp3) is 0.100. The van der Waals surface area contributed by atoms with Gasteiger partial charge in [0.2, 0.25) is 0 Å². The van der Waals surface area contributed by atoms with Crippen LogP contribution >= 0.6 is 15.9 Å². The molecule has 3 aromatic carbocycles. The number of rotatable bonds is 5. The first-order valence-corrected chi connectivity index (χ1v) is 12.8. The van der Waals surface area contributed by atoms with E-state index < -0.39 is 11.9 Å². The third kappa shape index (κ3) is 4.13. The second-order valence-corrected chi connectivity index (χ2v) is 9.81. The normalized spacial score (nSPS) is 15.1. The van der Waals surface area contributed by atoms with Gasteiger partial charge in [0.25, 0.3) is 5.56 Å². The fourth-order valence-electron chi connectivity index (χ4n) is 4.99. The molecular formula is C30H22BrN3O4. The van der Waals surface area contributed by atoms with Crippen LogP contribution in [0, 0.1) is 0 Å². The van der Waals surface area contributed by atoms with E-state index in [2.05, 4.69) is 20.9 Å². The van der Waals surface area contributed by atoms with Gasteiger partial charge in [-0.25, -0.2) is 5.01 Å². The Labute approximate surface area is 226 Å². The number of hydrazone groups is 1. The largest absolute Gasteiger partial charge is 0.496 e. The number of carbonyl (C=O) groups is 1. The zero-order chi connectivity index (χ0) is 26.2. The number of nitrogens with zero attached hydrogens (tertiary/aromatic N) is 2. The van der Waals surface area contributed by atoms with Crippen molar-refractivity contribution >= 4 is 38.5 Å². The van der Waals surface area contributed by atoms with Crippen molar-refractivity contribution in [2.24, 2.45) is 5.10 Å². The molecule has 0 fully saturated rings. The van der Waals surface area contributed by atoms with Crippen LogP contribution in [0.25, 0.3) is 22.0 Å². The molecule has 0 saturated heterocycles. The van der Waals surface area contributed by atoms with E-state index in [4.69, 9.17) is 14.3 Å². The van der Waals surface area contributed by atoms with Gasteiger partial charge in [-0.1, -0.05) is 64.5 Å². The number of methoxy groups -OCH3 is 1. The monoisotopic (exact) mass is 567 g/mol. The zero-order valence-electron chi connectivity index (χ0n) is 20.4. The van der Waals surface area contributed by atoms with Crippen LogP contribution in [0.2, 0.25) is 0 Å². The second kappa shape index (κ2) is 9.79. The molecule has 1 N–H and O–H groups in total. The number of pyridine rings is 1. The molecular weight excluding hydrogens is 546 g/mol. The molecule has 38 heavy (non-hydrogen) atoms. The number of ether oxygens (including phenoxy) is 1. The minimum Gasteiger partial charge on any atom is -0.496 e. The van der Waals surface area contributed by atoms with Gasteiger partial charge in [0, 0.05) is 32.9 Å². The third-order valence-electron chi connectivity index (χ3n) is 6.68. The number of carbonyl (C=O) groups excluding carboxylic acids is 1. The summed E-state index contributed by atoms with van der Waals surface area (Å²) in [6.07, 6.45) is 1.76. The molecule has 188 valence electrons.